The third-order valence-corrected chi connectivity index (χ3v) is 1.69. The number of hydrogen-bond donors (Lipinski definition) is 2. The van der Waals surface area contributed by atoms with Crippen molar-refractivity contribution in [3.05, 3.63) is 23.4 Å². The van der Waals surface area contributed by atoms with Crippen molar-refractivity contribution in [3.63, 3.8) is 0 Å². The molecule has 0 saturated carbocycles. The SMILES string of the molecule is N.O=C(O)C1=CC=C2N=NN=C2C1. The number of carbonyl (C=O) groups is 1. The first-order valence-corrected chi connectivity index (χ1v) is 3.39. The van der Waals surface area contributed by atoms with E-state index in [2.05, 4.69) is 15.4 Å². The van der Waals surface area contributed by atoms with E-state index in [0.717, 1.165) is 0 Å². The van der Waals surface area contributed by atoms with E-state index in [9.17, 15) is 4.79 Å². The monoisotopic (exact) mass is 180 g/mol. The zero-order valence-corrected chi connectivity index (χ0v) is 6.77. The number of fused-ring (bicyclic) bond motifs is 1. The number of hydrogen-bond acceptors (Lipinski definition) is 5. The third-order valence-electron chi connectivity index (χ3n) is 1.69. The minimum absolute atomic E-state index is 0. The van der Waals surface area contributed by atoms with Crippen molar-refractivity contribution in [1.29, 1.82) is 0 Å². The lowest BCUT2D eigenvalue weighted by Gasteiger charge is -2.05. The van der Waals surface area contributed by atoms with Gasteiger partial charge in [-0.3, -0.25) is 0 Å². The van der Waals surface area contributed by atoms with Crippen LogP contribution < -0.4 is 6.15 Å². The molecule has 0 atom stereocenters. The molecule has 4 N–H and O–H groups in total. The van der Waals surface area contributed by atoms with Gasteiger partial charge in [0.25, 0.3) is 0 Å². The summed E-state index contributed by atoms with van der Waals surface area (Å²) >= 11 is 0. The molecule has 0 aromatic rings. The Bertz CT molecular complexity index is 365. The van der Waals surface area contributed by atoms with E-state index in [1.807, 2.05) is 0 Å². The van der Waals surface area contributed by atoms with Crippen LogP contribution in [-0.4, -0.2) is 16.8 Å². The first-order chi connectivity index (χ1) is 5.77. The Morgan fingerprint density at radius 2 is 2.23 bits per heavy atom. The molecule has 0 amide bonds. The molecular formula is C7H8N4O2. The lowest BCUT2D eigenvalue weighted by molar-refractivity contribution is -0.132. The summed E-state index contributed by atoms with van der Waals surface area (Å²) in [5.41, 5.74) is 1.62. The molecule has 0 aromatic heterocycles. The summed E-state index contributed by atoms with van der Waals surface area (Å²) in [6, 6.07) is 0. The van der Waals surface area contributed by atoms with Crippen LogP contribution in [0.4, 0.5) is 0 Å². The second kappa shape index (κ2) is 3.28. The number of nitrogens with zero attached hydrogens (tertiary/aromatic N) is 3. The number of carboxylic acids is 1. The molecule has 68 valence electrons. The van der Waals surface area contributed by atoms with Crippen LogP contribution >= 0.6 is 0 Å². The van der Waals surface area contributed by atoms with Crippen LogP contribution in [0.5, 0.6) is 0 Å². The van der Waals surface area contributed by atoms with Gasteiger partial charge in [0.15, 0.2) is 0 Å². The predicted molar refractivity (Wildman–Crippen MR) is 45.7 cm³/mol. The Morgan fingerprint density at radius 1 is 1.46 bits per heavy atom. The van der Waals surface area contributed by atoms with Crippen LogP contribution in [0.25, 0.3) is 0 Å². The molecule has 0 radical (unpaired) electrons. The molecule has 1 aliphatic heterocycles. The lowest BCUT2D eigenvalue weighted by atomic mass is 10.0. The van der Waals surface area contributed by atoms with Crippen molar-refractivity contribution in [1.82, 2.24) is 6.15 Å². The largest absolute Gasteiger partial charge is 0.478 e. The van der Waals surface area contributed by atoms with Gasteiger partial charge in [0.2, 0.25) is 0 Å². The van der Waals surface area contributed by atoms with Crippen molar-refractivity contribution in [2.45, 2.75) is 6.42 Å². The van der Waals surface area contributed by atoms with E-state index < -0.39 is 5.97 Å². The van der Waals surface area contributed by atoms with E-state index in [4.69, 9.17) is 5.11 Å². The molecule has 2 rings (SSSR count). The summed E-state index contributed by atoms with van der Waals surface area (Å²) in [6.45, 7) is 0. The molecule has 0 saturated heterocycles. The summed E-state index contributed by atoms with van der Waals surface area (Å²) in [5.74, 6) is -0.917. The normalized spacial score (nSPS) is 18.0. The molecule has 0 bridgehead atoms. The fourth-order valence-electron chi connectivity index (χ4n) is 1.05. The maximum Gasteiger partial charge on any atom is 0.331 e. The predicted octanol–water partition coefficient (Wildman–Crippen LogP) is 1.27. The van der Waals surface area contributed by atoms with Crippen LogP contribution in [0.15, 0.2) is 38.9 Å². The van der Waals surface area contributed by atoms with E-state index in [1.165, 1.54) is 6.08 Å². The highest BCUT2D eigenvalue weighted by molar-refractivity contribution is 6.08. The zero-order valence-electron chi connectivity index (χ0n) is 6.77. The second-order valence-corrected chi connectivity index (χ2v) is 2.46. The smallest absolute Gasteiger partial charge is 0.331 e. The summed E-state index contributed by atoms with van der Waals surface area (Å²) in [6.07, 6.45) is 3.46. The van der Waals surface area contributed by atoms with E-state index in [-0.39, 0.29) is 6.15 Å². The Balaban J connectivity index is 0.000000845. The van der Waals surface area contributed by atoms with Gasteiger partial charge in [-0.05, 0) is 17.4 Å². The Morgan fingerprint density at radius 3 is 2.92 bits per heavy atom. The molecule has 6 heteroatoms. The fourth-order valence-corrected chi connectivity index (χ4v) is 1.05. The molecule has 2 aliphatic rings. The van der Waals surface area contributed by atoms with Crippen LogP contribution in [0.3, 0.4) is 0 Å². The Kier molecular flexibility index (Phi) is 2.34. The van der Waals surface area contributed by atoms with Crippen LogP contribution in [0, 0.1) is 0 Å². The van der Waals surface area contributed by atoms with E-state index in [1.54, 1.807) is 6.08 Å². The van der Waals surface area contributed by atoms with Gasteiger partial charge in [-0.2, -0.15) is 0 Å². The quantitative estimate of drug-likeness (QED) is 0.633. The second-order valence-electron chi connectivity index (χ2n) is 2.46. The molecule has 0 aromatic carbocycles. The first-order valence-electron chi connectivity index (χ1n) is 3.39. The van der Waals surface area contributed by atoms with Crippen LogP contribution in [0.1, 0.15) is 6.42 Å². The Hall–Kier alpha value is -1.82. The highest BCUT2D eigenvalue weighted by Gasteiger charge is 2.20. The summed E-state index contributed by atoms with van der Waals surface area (Å²) in [5, 5.41) is 19.5. The van der Waals surface area contributed by atoms with Crippen molar-refractivity contribution >= 4 is 11.7 Å². The average Bonchev–Trinajstić information content (AvgIpc) is 2.49. The van der Waals surface area contributed by atoms with E-state index >= 15 is 0 Å². The summed E-state index contributed by atoms with van der Waals surface area (Å²) in [7, 11) is 0. The highest BCUT2D eigenvalue weighted by atomic mass is 16.4. The van der Waals surface area contributed by atoms with Crippen molar-refractivity contribution in [2.75, 3.05) is 0 Å². The van der Waals surface area contributed by atoms with Crippen molar-refractivity contribution < 1.29 is 9.90 Å². The number of carboxylic acid groups (broad SMARTS) is 1. The topological polar surface area (TPSA) is 109 Å². The maximum absolute atomic E-state index is 10.5. The summed E-state index contributed by atoms with van der Waals surface area (Å²) < 4.78 is 0. The maximum atomic E-state index is 10.5. The Labute approximate surface area is 73.9 Å². The van der Waals surface area contributed by atoms with Gasteiger partial charge in [0.1, 0.15) is 5.70 Å². The molecule has 0 unspecified atom stereocenters. The molecule has 0 spiro atoms. The molecule has 6 nitrogen and oxygen atoms in total. The highest BCUT2D eigenvalue weighted by Crippen LogP contribution is 2.21. The van der Waals surface area contributed by atoms with Gasteiger partial charge in [0.05, 0.1) is 5.71 Å². The van der Waals surface area contributed by atoms with Crippen molar-refractivity contribution in [2.24, 2.45) is 15.4 Å². The minimum atomic E-state index is -0.917. The van der Waals surface area contributed by atoms with Gasteiger partial charge in [-0.25, -0.2) is 4.79 Å². The molecule has 0 fully saturated rings. The molecule has 1 heterocycles. The molecular weight excluding hydrogens is 172 g/mol. The van der Waals surface area contributed by atoms with Gasteiger partial charge in [-0.15, -0.1) is 10.2 Å². The number of rotatable bonds is 1. The third kappa shape index (κ3) is 1.52. The van der Waals surface area contributed by atoms with E-state index in [0.29, 0.717) is 23.4 Å². The molecule has 13 heavy (non-hydrogen) atoms. The number of aliphatic carboxylic acids is 1. The fraction of sp³-hybridized carbons (Fsp3) is 0.143. The van der Waals surface area contributed by atoms with Crippen LogP contribution in [-0.2, 0) is 4.79 Å². The van der Waals surface area contributed by atoms with Gasteiger partial charge >= 0.3 is 5.97 Å². The van der Waals surface area contributed by atoms with Crippen LogP contribution in [0.2, 0.25) is 0 Å². The average molecular weight is 180 g/mol. The first kappa shape index (κ1) is 9.27. The standard InChI is InChI=1S/C7H5N3O2.H3N/c11-7(12)4-1-2-5-6(3-4)9-10-8-5;/h1-2H,3H2,(H,11,12);1H3. The van der Waals surface area contributed by atoms with Gasteiger partial charge in [-0.1, -0.05) is 0 Å². The van der Waals surface area contributed by atoms with Gasteiger partial charge in [0, 0.05) is 12.0 Å². The minimum Gasteiger partial charge on any atom is -0.478 e. The van der Waals surface area contributed by atoms with Gasteiger partial charge < -0.3 is 11.3 Å². The number of allylic oxidation sites excluding steroid dienone is 3. The zero-order chi connectivity index (χ0) is 8.55. The lowest BCUT2D eigenvalue weighted by Crippen LogP contribution is -2.10. The summed E-state index contributed by atoms with van der Waals surface area (Å²) in [4.78, 5) is 10.5. The van der Waals surface area contributed by atoms with Crippen molar-refractivity contribution in [3.8, 4) is 0 Å². The molecule has 1 aliphatic carbocycles.